The molecule has 9 heteroatoms. The zero-order valence-corrected chi connectivity index (χ0v) is 19.8. The number of aromatic nitrogens is 1. The fourth-order valence-electron chi connectivity index (χ4n) is 4.45. The molecule has 1 saturated heterocycles. The third-order valence-corrected chi connectivity index (χ3v) is 6.47. The van der Waals surface area contributed by atoms with E-state index in [9.17, 15) is 19.8 Å². The number of ether oxygens (including phenoxy) is 1. The molecule has 0 radical (unpaired) electrons. The Morgan fingerprint density at radius 3 is 2.51 bits per heavy atom. The number of aromatic hydroxyl groups is 1. The van der Waals surface area contributed by atoms with Gasteiger partial charge in [-0.25, -0.2) is 0 Å². The molecule has 2 heterocycles. The molecule has 0 bridgehead atoms. The molecule has 176 valence electrons. The lowest BCUT2D eigenvalue weighted by Gasteiger charge is -2.25. The van der Waals surface area contributed by atoms with Gasteiger partial charge < -0.3 is 19.9 Å². The van der Waals surface area contributed by atoms with E-state index in [4.69, 9.17) is 27.9 Å². The van der Waals surface area contributed by atoms with Crippen LogP contribution in [0.25, 0.3) is 16.7 Å². The average molecular weight is 509 g/mol. The number of fused-ring (bicyclic) bond motifs is 1. The molecular weight excluding hydrogens is 491 g/mol. The number of phenolic OH excluding ortho intramolecular Hbond substituents is 1. The van der Waals surface area contributed by atoms with E-state index >= 15 is 0 Å². The van der Waals surface area contributed by atoms with Crippen LogP contribution in [0.3, 0.4) is 0 Å². The second-order valence-electron chi connectivity index (χ2n) is 7.92. The quantitative estimate of drug-likeness (QED) is 0.183. The summed E-state index contributed by atoms with van der Waals surface area (Å²) in [6, 6.07) is 15.3. The van der Waals surface area contributed by atoms with E-state index in [1.54, 1.807) is 18.3 Å². The number of Topliss-reactive ketones (excluding diaryl/α,β-unsaturated/α-hetero) is 1. The predicted molar refractivity (Wildman–Crippen MR) is 134 cm³/mol. The van der Waals surface area contributed by atoms with Crippen molar-refractivity contribution < 1.29 is 24.5 Å². The van der Waals surface area contributed by atoms with Gasteiger partial charge in [-0.1, -0.05) is 53.5 Å². The highest BCUT2D eigenvalue weighted by atomic mass is 35.5. The molecule has 5 rings (SSSR count). The number of benzene rings is 3. The monoisotopic (exact) mass is 508 g/mol. The van der Waals surface area contributed by atoms with Crippen LogP contribution >= 0.6 is 23.2 Å². The Balaban J connectivity index is 1.84. The second kappa shape index (κ2) is 8.69. The maximum atomic E-state index is 13.4. The minimum Gasteiger partial charge on any atom is -0.507 e. The zero-order chi connectivity index (χ0) is 24.9. The fraction of sp³-hybridized carbons (Fsp3) is 0.0769. The van der Waals surface area contributed by atoms with E-state index in [2.05, 4.69) is 4.98 Å². The van der Waals surface area contributed by atoms with Gasteiger partial charge in [0.25, 0.3) is 11.7 Å². The van der Waals surface area contributed by atoms with Gasteiger partial charge in [0.05, 0.1) is 35.0 Å². The Morgan fingerprint density at radius 1 is 1.06 bits per heavy atom. The first-order valence-corrected chi connectivity index (χ1v) is 11.3. The minimum absolute atomic E-state index is 0.0603. The van der Waals surface area contributed by atoms with Crippen molar-refractivity contribution in [3.8, 4) is 11.5 Å². The lowest BCUT2D eigenvalue weighted by molar-refractivity contribution is -0.132. The number of carbonyl (C=O) groups is 2. The summed E-state index contributed by atoms with van der Waals surface area (Å²) in [6.07, 6.45) is 1.67. The molecule has 1 aliphatic heterocycles. The molecule has 1 amide bonds. The van der Waals surface area contributed by atoms with Crippen molar-refractivity contribution in [2.24, 2.45) is 0 Å². The number of ketones is 1. The number of hydrogen-bond donors (Lipinski definition) is 3. The molecule has 1 atom stereocenters. The number of para-hydroxylation sites is 3. The molecule has 0 aliphatic carbocycles. The van der Waals surface area contributed by atoms with Crippen molar-refractivity contribution in [3.05, 3.63) is 93.6 Å². The predicted octanol–water partition coefficient (Wildman–Crippen LogP) is 5.82. The topological polar surface area (TPSA) is 103 Å². The molecule has 35 heavy (non-hydrogen) atoms. The van der Waals surface area contributed by atoms with Crippen molar-refractivity contribution in [3.63, 3.8) is 0 Å². The number of aliphatic hydroxyl groups is 1. The van der Waals surface area contributed by atoms with Gasteiger partial charge in [-0.2, -0.15) is 0 Å². The third kappa shape index (κ3) is 3.60. The standard InChI is InChI=1S/C26H18Cl2N2O5/c1-35-25-15(10-13(27)11-17(25)28)23(32)21-22(16-12-29-18-7-3-2-6-14(16)18)30(26(34)24(21)33)19-8-4-5-9-20(19)31/h2-12,22,29,31-32H,1H3/b23-21+. The molecule has 1 aromatic heterocycles. The Morgan fingerprint density at radius 2 is 1.77 bits per heavy atom. The Labute approximate surface area is 209 Å². The summed E-state index contributed by atoms with van der Waals surface area (Å²) in [5.41, 5.74) is 1.32. The summed E-state index contributed by atoms with van der Waals surface area (Å²) in [6.45, 7) is 0. The van der Waals surface area contributed by atoms with Crippen molar-refractivity contribution in [1.82, 2.24) is 4.98 Å². The summed E-state index contributed by atoms with van der Waals surface area (Å²) in [5, 5.41) is 23.1. The SMILES string of the molecule is COc1c(Cl)cc(Cl)cc1/C(O)=C1\C(=O)C(=O)N(c2ccccc2O)C1c1c[nH]c2ccccc12. The van der Waals surface area contributed by atoms with E-state index in [0.717, 1.165) is 10.9 Å². The summed E-state index contributed by atoms with van der Waals surface area (Å²) in [4.78, 5) is 31.1. The fourth-order valence-corrected chi connectivity index (χ4v) is 5.02. The number of aliphatic hydroxyl groups excluding tert-OH is 1. The number of carbonyl (C=O) groups excluding carboxylic acids is 2. The highest BCUT2D eigenvalue weighted by Crippen LogP contribution is 2.47. The first kappa shape index (κ1) is 22.8. The summed E-state index contributed by atoms with van der Waals surface area (Å²) < 4.78 is 5.36. The van der Waals surface area contributed by atoms with E-state index in [1.807, 2.05) is 24.3 Å². The molecule has 3 aromatic carbocycles. The van der Waals surface area contributed by atoms with Gasteiger partial charge in [-0.05, 0) is 30.3 Å². The van der Waals surface area contributed by atoms with Crippen LogP contribution in [-0.4, -0.2) is 34.0 Å². The van der Waals surface area contributed by atoms with Crippen LogP contribution < -0.4 is 9.64 Å². The first-order chi connectivity index (χ1) is 16.8. The Hall–Kier alpha value is -3.94. The summed E-state index contributed by atoms with van der Waals surface area (Å²) in [5.74, 6) is -2.44. The number of aromatic amines is 1. The molecule has 1 aliphatic rings. The lowest BCUT2D eigenvalue weighted by Crippen LogP contribution is -2.29. The number of hydrogen-bond acceptors (Lipinski definition) is 5. The van der Waals surface area contributed by atoms with Crippen LogP contribution in [0, 0.1) is 0 Å². The largest absolute Gasteiger partial charge is 0.507 e. The number of methoxy groups -OCH3 is 1. The number of amides is 1. The second-order valence-corrected chi connectivity index (χ2v) is 8.76. The average Bonchev–Trinajstić information content (AvgIpc) is 3.37. The van der Waals surface area contributed by atoms with E-state index in [-0.39, 0.29) is 38.4 Å². The van der Waals surface area contributed by atoms with Gasteiger partial charge in [-0.15, -0.1) is 0 Å². The molecule has 3 N–H and O–H groups in total. The van der Waals surface area contributed by atoms with Gasteiger partial charge in [0, 0.05) is 27.7 Å². The number of halogens is 2. The number of nitrogens with one attached hydrogen (secondary N) is 1. The number of anilines is 1. The van der Waals surface area contributed by atoms with E-state index < -0.39 is 23.5 Å². The highest BCUT2D eigenvalue weighted by molar-refractivity contribution is 6.52. The number of rotatable bonds is 4. The van der Waals surface area contributed by atoms with Crippen LogP contribution in [0.5, 0.6) is 11.5 Å². The maximum absolute atomic E-state index is 13.4. The van der Waals surface area contributed by atoms with Crippen LogP contribution in [0.15, 0.2) is 72.4 Å². The van der Waals surface area contributed by atoms with Crippen molar-refractivity contribution in [2.45, 2.75) is 6.04 Å². The Bertz CT molecular complexity index is 1540. The van der Waals surface area contributed by atoms with Crippen LogP contribution in [0.1, 0.15) is 17.2 Å². The molecule has 0 saturated carbocycles. The van der Waals surface area contributed by atoms with Crippen LogP contribution in [0.4, 0.5) is 5.69 Å². The van der Waals surface area contributed by atoms with Crippen LogP contribution in [0.2, 0.25) is 10.0 Å². The maximum Gasteiger partial charge on any atom is 0.300 e. The van der Waals surface area contributed by atoms with E-state index in [0.29, 0.717) is 5.56 Å². The van der Waals surface area contributed by atoms with Crippen molar-refractivity contribution in [1.29, 1.82) is 0 Å². The Kier molecular flexibility index (Phi) is 5.67. The zero-order valence-electron chi connectivity index (χ0n) is 18.3. The molecule has 4 aromatic rings. The van der Waals surface area contributed by atoms with Crippen molar-refractivity contribution in [2.75, 3.05) is 12.0 Å². The van der Waals surface area contributed by atoms with E-state index in [1.165, 1.54) is 36.3 Å². The first-order valence-electron chi connectivity index (χ1n) is 10.5. The normalized spacial score (nSPS) is 17.3. The summed E-state index contributed by atoms with van der Waals surface area (Å²) in [7, 11) is 1.36. The summed E-state index contributed by atoms with van der Waals surface area (Å²) >= 11 is 12.4. The van der Waals surface area contributed by atoms with Gasteiger partial charge in [-0.3, -0.25) is 14.5 Å². The number of nitrogens with zero attached hydrogens (tertiary/aromatic N) is 1. The van der Waals surface area contributed by atoms with Crippen LogP contribution in [-0.2, 0) is 9.59 Å². The number of H-pyrrole nitrogens is 1. The van der Waals surface area contributed by atoms with Gasteiger partial charge >= 0.3 is 0 Å². The molecule has 1 unspecified atom stereocenters. The molecular formula is C26H18Cl2N2O5. The number of phenols is 1. The smallest absolute Gasteiger partial charge is 0.300 e. The van der Waals surface area contributed by atoms with Gasteiger partial charge in [0.15, 0.2) is 0 Å². The molecule has 0 spiro atoms. The van der Waals surface area contributed by atoms with Gasteiger partial charge in [0.1, 0.15) is 17.3 Å². The van der Waals surface area contributed by atoms with Crippen molar-refractivity contribution >= 4 is 57.2 Å². The molecule has 1 fully saturated rings. The minimum atomic E-state index is -1.07. The lowest BCUT2D eigenvalue weighted by atomic mass is 9.94. The van der Waals surface area contributed by atoms with Gasteiger partial charge in [0.2, 0.25) is 0 Å². The molecule has 7 nitrogen and oxygen atoms in total. The highest BCUT2D eigenvalue weighted by Gasteiger charge is 2.48. The third-order valence-electron chi connectivity index (χ3n) is 5.97.